The van der Waals surface area contributed by atoms with Crippen LogP contribution in [0.2, 0.25) is 0 Å². The minimum atomic E-state index is -0.532. The van der Waals surface area contributed by atoms with Crippen molar-refractivity contribution in [1.29, 1.82) is 0 Å². The highest BCUT2D eigenvalue weighted by Crippen LogP contribution is 2.25. The molecule has 0 spiro atoms. The van der Waals surface area contributed by atoms with Crippen LogP contribution < -0.4 is 10.2 Å². The third kappa shape index (κ3) is 4.28. The molecule has 3 amide bonds. The van der Waals surface area contributed by atoms with E-state index in [9.17, 15) is 14.4 Å². The lowest BCUT2D eigenvalue weighted by Crippen LogP contribution is -2.44. The van der Waals surface area contributed by atoms with Crippen molar-refractivity contribution in [2.75, 3.05) is 36.0 Å². The molecule has 2 aromatic rings. The number of hydrogen-bond acceptors (Lipinski definition) is 5. The number of rotatable bonds is 4. The number of carbonyl (C=O) groups is 3. The molecule has 0 unspecified atom stereocenters. The lowest BCUT2D eigenvalue weighted by atomic mass is 10.1. The first-order valence-electron chi connectivity index (χ1n) is 8.67. The van der Waals surface area contributed by atoms with Gasteiger partial charge in [-0.05, 0) is 36.4 Å². The number of ether oxygens (including phenoxy) is 1. The number of amides is 3. The molecular formula is C20H21N3O4S. The maximum atomic E-state index is 12.7. The highest BCUT2D eigenvalue weighted by Gasteiger charge is 2.35. The summed E-state index contributed by atoms with van der Waals surface area (Å²) in [6.45, 7) is 0. The molecule has 146 valence electrons. The number of anilines is 2. The lowest BCUT2D eigenvalue weighted by molar-refractivity contribution is -0.119. The molecule has 0 bridgehead atoms. The zero-order chi connectivity index (χ0) is 20.1. The van der Waals surface area contributed by atoms with E-state index in [1.807, 2.05) is 6.07 Å². The topological polar surface area (TPSA) is 79.0 Å². The van der Waals surface area contributed by atoms with Crippen molar-refractivity contribution in [2.24, 2.45) is 0 Å². The Balaban J connectivity index is 1.67. The normalized spacial score (nSPS) is 15.8. The summed E-state index contributed by atoms with van der Waals surface area (Å²) in [6.07, 6.45) is -0.477. The standard InChI is InChI=1S/C20H21N3O4S/c1-22(20(26)27-2)16-10-8-15(9-11-16)21-18(24)17-12-28-13-23(17)19(25)14-6-4-3-5-7-14/h3-11,17H,12-13H2,1-2H3,(H,21,24)/t17-/m0/s1. The first kappa shape index (κ1) is 19.8. The first-order chi connectivity index (χ1) is 13.5. The van der Waals surface area contributed by atoms with Gasteiger partial charge in [0.05, 0.1) is 13.0 Å². The molecule has 1 saturated heterocycles. The van der Waals surface area contributed by atoms with Gasteiger partial charge in [0.2, 0.25) is 5.91 Å². The van der Waals surface area contributed by atoms with Gasteiger partial charge in [0.25, 0.3) is 5.91 Å². The number of hydrogen-bond donors (Lipinski definition) is 1. The van der Waals surface area contributed by atoms with Gasteiger partial charge < -0.3 is 15.0 Å². The summed E-state index contributed by atoms with van der Waals surface area (Å²) in [4.78, 5) is 40.0. The van der Waals surface area contributed by atoms with Crippen molar-refractivity contribution in [3.05, 3.63) is 60.2 Å². The van der Waals surface area contributed by atoms with Crippen LogP contribution in [0.4, 0.5) is 16.2 Å². The first-order valence-corrected chi connectivity index (χ1v) is 9.83. The molecule has 1 aliphatic rings. The molecule has 3 rings (SSSR count). The third-order valence-corrected chi connectivity index (χ3v) is 5.45. The summed E-state index contributed by atoms with van der Waals surface area (Å²) in [6, 6.07) is 15.3. The molecule has 0 saturated carbocycles. The second-order valence-corrected chi connectivity index (χ2v) is 7.22. The van der Waals surface area contributed by atoms with Crippen molar-refractivity contribution in [1.82, 2.24) is 4.90 Å². The van der Waals surface area contributed by atoms with Crippen LogP contribution in [0.25, 0.3) is 0 Å². The van der Waals surface area contributed by atoms with Gasteiger partial charge >= 0.3 is 6.09 Å². The van der Waals surface area contributed by atoms with Crippen LogP contribution in [-0.2, 0) is 9.53 Å². The second-order valence-electron chi connectivity index (χ2n) is 6.22. The maximum absolute atomic E-state index is 12.7. The van der Waals surface area contributed by atoms with Gasteiger partial charge in [0.1, 0.15) is 6.04 Å². The molecule has 0 radical (unpaired) electrons. The van der Waals surface area contributed by atoms with Crippen LogP contribution in [0.15, 0.2) is 54.6 Å². The fraction of sp³-hybridized carbons (Fsp3) is 0.250. The number of methoxy groups -OCH3 is 1. The van der Waals surface area contributed by atoms with Gasteiger partial charge in [-0.15, -0.1) is 11.8 Å². The van der Waals surface area contributed by atoms with Gasteiger partial charge in [-0.2, -0.15) is 0 Å². The summed E-state index contributed by atoms with van der Waals surface area (Å²) >= 11 is 1.55. The van der Waals surface area contributed by atoms with Gasteiger partial charge in [0.15, 0.2) is 0 Å². The Bertz CT molecular complexity index is 858. The van der Waals surface area contributed by atoms with E-state index in [1.54, 1.807) is 72.2 Å². The lowest BCUT2D eigenvalue weighted by Gasteiger charge is -2.23. The maximum Gasteiger partial charge on any atom is 0.413 e. The molecule has 0 aliphatic carbocycles. The zero-order valence-corrected chi connectivity index (χ0v) is 16.4. The molecule has 2 aromatic carbocycles. The van der Waals surface area contributed by atoms with Crippen LogP contribution in [0, 0.1) is 0 Å². The monoisotopic (exact) mass is 399 g/mol. The van der Waals surface area contributed by atoms with E-state index in [4.69, 9.17) is 0 Å². The van der Waals surface area contributed by atoms with E-state index < -0.39 is 12.1 Å². The summed E-state index contributed by atoms with van der Waals surface area (Å²) < 4.78 is 4.68. The summed E-state index contributed by atoms with van der Waals surface area (Å²) in [5.74, 6) is 0.645. The SMILES string of the molecule is COC(=O)N(C)c1ccc(NC(=O)[C@@H]2CSCN2C(=O)c2ccccc2)cc1. The average molecular weight is 399 g/mol. The molecule has 28 heavy (non-hydrogen) atoms. The third-order valence-electron chi connectivity index (χ3n) is 4.44. The molecule has 0 aromatic heterocycles. The molecular weight excluding hydrogens is 378 g/mol. The van der Waals surface area contributed by atoms with Crippen molar-refractivity contribution < 1.29 is 19.1 Å². The number of benzene rings is 2. The number of nitrogens with one attached hydrogen (secondary N) is 1. The van der Waals surface area contributed by atoms with E-state index in [-0.39, 0.29) is 11.8 Å². The Kier molecular flexibility index (Phi) is 6.20. The molecule has 1 fully saturated rings. The Morgan fingerprint density at radius 1 is 1.11 bits per heavy atom. The average Bonchev–Trinajstić information content (AvgIpc) is 3.23. The summed E-state index contributed by atoms with van der Waals surface area (Å²) in [5.41, 5.74) is 1.80. The van der Waals surface area contributed by atoms with Crippen molar-refractivity contribution in [3.8, 4) is 0 Å². The van der Waals surface area contributed by atoms with E-state index in [0.717, 1.165) is 0 Å². The Labute approximate surface area is 167 Å². The molecule has 8 heteroatoms. The van der Waals surface area contributed by atoms with E-state index in [0.29, 0.717) is 28.6 Å². The predicted octanol–water partition coefficient (Wildman–Crippen LogP) is 3.04. The van der Waals surface area contributed by atoms with E-state index >= 15 is 0 Å². The smallest absolute Gasteiger partial charge is 0.413 e. The molecule has 1 N–H and O–H groups in total. The number of carbonyl (C=O) groups excluding carboxylic acids is 3. The Hall–Kier alpha value is -3.00. The van der Waals surface area contributed by atoms with Crippen molar-refractivity contribution in [3.63, 3.8) is 0 Å². The van der Waals surface area contributed by atoms with Crippen LogP contribution in [0.1, 0.15) is 10.4 Å². The fourth-order valence-electron chi connectivity index (χ4n) is 2.84. The second kappa shape index (κ2) is 8.79. The minimum absolute atomic E-state index is 0.152. The number of nitrogens with zero attached hydrogens (tertiary/aromatic N) is 2. The van der Waals surface area contributed by atoms with Crippen LogP contribution in [-0.4, -0.2) is 54.6 Å². The highest BCUT2D eigenvalue weighted by atomic mass is 32.2. The molecule has 1 aliphatic heterocycles. The number of thioether (sulfide) groups is 1. The van der Waals surface area contributed by atoms with Gasteiger partial charge in [-0.3, -0.25) is 14.5 Å². The Morgan fingerprint density at radius 2 is 1.79 bits per heavy atom. The minimum Gasteiger partial charge on any atom is -0.452 e. The molecule has 1 atom stereocenters. The van der Waals surface area contributed by atoms with E-state index in [1.165, 1.54) is 12.0 Å². The van der Waals surface area contributed by atoms with Gasteiger partial charge in [0, 0.05) is 29.7 Å². The van der Waals surface area contributed by atoms with E-state index in [2.05, 4.69) is 10.1 Å². The van der Waals surface area contributed by atoms with Gasteiger partial charge in [-0.1, -0.05) is 18.2 Å². The van der Waals surface area contributed by atoms with Crippen molar-refractivity contribution >= 4 is 41.0 Å². The van der Waals surface area contributed by atoms with Crippen molar-refractivity contribution in [2.45, 2.75) is 6.04 Å². The fourth-order valence-corrected chi connectivity index (χ4v) is 4.00. The molecule has 1 heterocycles. The van der Waals surface area contributed by atoms with Crippen LogP contribution in [0.5, 0.6) is 0 Å². The predicted molar refractivity (Wildman–Crippen MR) is 110 cm³/mol. The largest absolute Gasteiger partial charge is 0.452 e. The quantitative estimate of drug-likeness (QED) is 0.855. The van der Waals surface area contributed by atoms with Crippen LogP contribution >= 0.6 is 11.8 Å². The Morgan fingerprint density at radius 3 is 2.43 bits per heavy atom. The van der Waals surface area contributed by atoms with Crippen LogP contribution in [0.3, 0.4) is 0 Å². The molecule has 7 nitrogen and oxygen atoms in total. The highest BCUT2D eigenvalue weighted by molar-refractivity contribution is 7.99. The zero-order valence-electron chi connectivity index (χ0n) is 15.6. The summed E-state index contributed by atoms with van der Waals surface area (Å²) in [5, 5.41) is 2.85. The van der Waals surface area contributed by atoms with Gasteiger partial charge in [-0.25, -0.2) is 4.79 Å². The summed E-state index contributed by atoms with van der Waals surface area (Å²) in [7, 11) is 2.91.